The molecule has 0 aromatic heterocycles. The molecule has 0 spiro atoms. The van der Waals surface area contributed by atoms with Gasteiger partial charge in [-0.05, 0) is 54.4 Å². The zero-order valence-corrected chi connectivity index (χ0v) is 18.3. The summed E-state index contributed by atoms with van der Waals surface area (Å²) in [6, 6.07) is 21.9. The van der Waals surface area contributed by atoms with Gasteiger partial charge in [-0.25, -0.2) is 4.90 Å². The zero-order valence-electron chi connectivity index (χ0n) is 17.5. The summed E-state index contributed by atoms with van der Waals surface area (Å²) in [5.41, 5.74) is 4.34. The van der Waals surface area contributed by atoms with E-state index in [9.17, 15) is 9.59 Å². The van der Waals surface area contributed by atoms with Crippen molar-refractivity contribution in [2.75, 3.05) is 29.2 Å². The standard InChI is InChI=1S/C25H22ClN3O2/c1-16-9-10-18(26)15-21(16)27-23-22(17-7-5-4-6-8-17)24(30)29(25(23)31)20-13-11-19(12-14-20)28(2)3/h4-15,27H,1-3H3. The van der Waals surface area contributed by atoms with E-state index in [2.05, 4.69) is 5.32 Å². The minimum absolute atomic E-state index is 0.234. The number of nitrogens with zero attached hydrogens (tertiary/aromatic N) is 2. The molecule has 0 radical (unpaired) electrons. The van der Waals surface area contributed by atoms with Crippen molar-refractivity contribution in [1.82, 2.24) is 0 Å². The van der Waals surface area contributed by atoms with Gasteiger partial charge in [-0.3, -0.25) is 9.59 Å². The molecular weight excluding hydrogens is 410 g/mol. The molecule has 31 heavy (non-hydrogen) atoms. The van der Waals surface area contributed by atoms with E-state index in [1.807, 2.05) is 74.4 Å². The van der Waals surface area contributed by atoms with Crippen LogP contribution in [0.3, 0.4) is 0 Å². The smallest absolute Gasteiger partial charge is 0.282 e. The van der Waals surface area contributed by atoms with Gasteiger partial charge in [-0.2, -0.15) is 0 Å². The Bertz CT molecular complexity index is 1190. The molecule has 2 amide bonds. The van der Waals surface area contributed by atoms with Crippen molar-refractivity contribution in [2.45, 2.75) is 6.92 Å². The first-order valence-electron chi connectivity index (χ1n) is 9.86. The maximum absolute atomic E-state index is 13.5. The Labute approximate surface area is 186 Å². The van der Waals surface area contributed by atoms with Crippen LogP contribution in [0.4, 0.5) is 17.1 Å². The molecule has 156 valence electrons. The highest BCUT2D eigenvalue weighted by molar-refractivity contribution is 6.46. The van der Waals surface area contributed by atoms with Crippen molar-refractivity contribution in [2.24, 2.45) is 0 Å². The molecule has 4 rings (SSSR count). The maximum atomic E-state index is 13.5. The highest BCUT2D eigenvalue weighted by Crippen LogP contribution is 2.35. The number of benzene rings is 3. The molecule has 5 nitrogen and oxygen atoms in total. The molecular formula is C25H22ClN3O2. The summed E-state index contributed by atoms with van der Waals surface area (Å²) in [6.07, 6.45) is 0. The molecule has 0 atom stereocenters. The van der Waals surface area contributed by atoms with Crippen LogP contribution in [-0.4, -0.2) is 25.9 Å². The number of hydrogen-bond donors (Lipinski definition) is 1. The van der Waals surface area contributed by atoms with Crippen LogP contribution in [0.5, 0.6) is 0 Å². The second-order valence-electron chi connectivity index (χ2n) is 7.56. The molecule has 1 aliphatic heterocycles. The second kappa shape index (κ2) is 8.28. The Morgan fingerprint density at radius 2 is 1.55 bits per heavy atom. The van der Waals surface area contributed by atoms with Crippen LogP contribution >= 0.6 is 11.6 Å². The molecule has 3 aromatic carbocycles. The summed E-state index contributed by atoms with van der Waals surface area (Å²) >= 11 is 6.16. The first kappa shape index (κ1) is 20.7. The lowest BCUT2D eigenvalue weighted by atomic mass is 10.0. The maximum Gasteiger partial charge on any atom is 0.282 e. The predicted molar refractivity (Wildman–Crippen MR) is 126 cm³/mol. The zero-order chi connectivity index (χ0) is 22.1. The van der Waals surface area contributed by atoms with Crippen molar-refractivity contribution in [3.8, 4) is 0 Å². The minimum atomic E-state index is -0.402. The number of halogens is 1. The number of carbonyl (C=O) groups excluding carboxylic acids is 2. The fourth-order valence-electron chi connectivity index (χ4n) is 3.52. The van der Waals surface area contributed by atoms with Crippen molar-refractivity contribution >= 4 is 46.1 Å². The van der Waals surface area contributed by atoms with Gasteiger partial charge in [0, 0.05) is 30.5 Å². The Balaban J connectivity index is 1.80. The van der Waals surface area contributed by atoms with Gasteiger partial charge in [0.2, 0.25) is 0 Å². The monoisotopic (exact) mass is 431 g/mol. The van der Waals surface area contributed by atoms with E-state index in [4.69, 9.17) is 11.6 Å². The van der Waals surface area contributed by atoms with E-state index in [-0.39, 0.29) is 11.6 Å². The van der Waals surface area contributed by atoms with E-state index in [0.29, 0.717) is 27.5 Å². The third kappa shape index (κ3) is 3.92. The van der Waals surface area contributed by atoms with Gasteiger partial charge in [0.05, 0.1) is 11.3 Å². The highest BCUT2D eigenvalue weighted by atomic mass is 35.5. The van der Waals surface area contributed by atoms with E-state index < -0.39 is 5.91 Å². The molecule has 0 fully saturated rings. The average Bonchev–Trinajstić information content (AvgIpc) is 3.01. The number of amides is 2. The fourth-order valence-corrected chi connectivity index (χ4v) is 3.69. The molecule has 0 bridgehead atoms. The van der Waals surface area contributed by atoms with Crippen LogP contribution in [0.15, 0.2) is 78.5 Å². The highest BCUT2D eigenvalue weighted by Gasteiger charge is 2.40. The van der Waals surface area contributed by atoms with Crippen molar-refractivity contribution in [3.05, 3.63) is 94.6 Å². The van der Waals surface area contributed by atoms with Crippen LogP contribution in [0.1, 0.15) is 11.1 Å². The van der Waals surface area contributed by atoms with E-state index in [0.717, 1.165) is 11.3 Å². The molecule has 0 aliphatic carbocycles. The first-order valence-corrected chi connectivity index (χ1v) is 10.2. The summed E-state index contributed by atoms with van der Waals surface area (Å²) in [7, 11) is 3.87. The Kier molecular flexibility index (Phi) is 5.53. The van der Waals surface area contributed by atoms with Gasteiger partial charge < -0.3 is 10.2 Å². The molecule has 3 aromatic rings. The molecule has 0 saturated carbocycles. The number of hydrogen-bond acceptors (Lipinski definition) is 4. The molecule has 1 N–H and O–H groups in total. The van der Waals surface area contributed by atoms with E-state index >= 15 is 0 Å². The Morgan fingerprint density at radius 3 is 2.19 bits per heavy atom. The quantitative estimate of drug-likeness (QED) is 0.570. The number of nitrogens with one attached hydrogen (secondary N) is 1. The van der Waals surface area contributed by atoms with Gasteiger partial charge in [-0.1, -0.05) is 48.0 Å². The van der Waals surface area contributed by atoms with Gasteiger partial charge in [0.25, 0.3) is 11.8 Å². The van der Waals surface area contributed by atoms with Gasteiger partial charge in [-0.15, -0.1) is 0 Å². The molecule has 1 heterocycles. The van der Waals surface area contributed by atoms with Crippen LogP contribution in [0.25, 0.3) is 5.57 Å². The van der Waals surface area contributed by atoms with E-state index in [1.54, 1.807) is 24.3 Å². The van der Waals surface area contributed by atoms with Gasteiger partial charge in [0.1, 0.15) is 5.70 Å². The third-order valence-corrected chi connectivity index (χ3v) is 5.47. The molecule has 1 aliphatic rings. The lowest BCUT2D eigenvalue weighted by Gasteiger charge is -2.18. The van der Waals surface area contributed by atoms with Crippen LogP contribution in [0.2, 0.25) is 5.02 Å². The third-order valence-electron chi connectivity index (χ3n) is 5.23. The van der Waals surface area contributed by atoms with Gasteiger partial charge in [0.15, 0.2) is 0 Å². The van der Waals surface area contributed by atoms with Crippen molar-refractivity contribution < 1.29 is 9.59 Å². The average molecular weight is 432 g/mol. The van der Waals surface area contributed by atoms with E-state index in [1.165, 1.54) is 4.90 Å². The van der Waals surface area contributed by atoms with Crippen molar-refractivity contribution in [3.63, 3.8) is 0 Å². The molecule has 6 heteroatoms. The minimum Gasteiger partial charge on any atom is -0.378 e. The number of carbonyl (C=O) groups is 2. The number of imide groups is 1. The number of anilines is 3. The Hall–Kier alpha value is -3.57. The Morgan fingerprint density at radius 1 is 0.871 bits per heavy atom. The largest absolute Gasteiger partial charge is 0.378 e. The van der Waals surface area contributed by atoms with Crippen LogP contribution in [-0.2, 0) is 9.59 Å². The van der Waals surface area contributed by atoms with Crippen LogP contribution in [0, 0.1) is 6.92 Å². The van der Waals surface area contributed by atoms with Crippen LogP contribution < -0.4 is 15.1 Å². The lowest BCUT2D eigenvalue weighted by Crippen LogP contribution is -2.32. The normalized spacial score (nSPS) is 13.7. The summed E-state index contributed by atoms with van der Waals surface area (Å²) in [6.45, 7) is 1.92. The number of rotatable bonds is 5. The topological polar surface area (TPSA) is 52.7 Å². The summed E-state index contributed by atoms with van der Waals surface area (Å²) in [5, 5.41) is 3.73. The van der Waals surface area contributed by atoms with Crippen molar-refractivity contribution in [1.29, 1.82) is 0 Å². The molecule has 0 unspecified atom stereocenters. The first-order chi connectivity index (χ1) is 14.9. The summed E-state index contributed by atoms with van der Waals surface area (Å²) < 4.78 is 0. The predicted octanol–water partition coefficient (Wildman–Crippen LogP) is 5.11. The lowest BCUT2D eigenvalue weighted by molar-refractivity contribution is -0.120. The summed E-state index contributed by atoms with van der Waals surface area (Å²) in [4.78, 5) is 30.1. The SMILES string of the molecule is Cc1ccc(Cl)cc1NC1=C(c2ccccc2)C(=O)N(c2ccc(N(C)C)cc2)C1=O. The summed E-state index contributed by atoms with van der Waals surface area (Å²) in [5.74, 6) is -0.767. The second-order valence-corrected chi connectivity index (χ2v) is 7.99. The van der Waals surface area contributed by atoms with Gasteiger partial charge >= 0.3 is 0 Å². The fraction of sp³-hybridized carbons (Fsp3) is 0.120. The molecule has 0 saturated heterocycles. The number of aryl methyl sites for hydroxylation is 1.